The van der Waals surface area contributed by atoms with E-state index in [9.17, 15) is 4.79 Å². The molecule has 0 aliphatic rings. The van der Waals surface area contributed by atoms with Crippen LogP contribution in [0.5, 0.6) is 0 Å². The van der Waals surface area contributed by atoms with Crippen molar-refractivity contribution in [3.8, 4) is 0 Å². The van der Waals surface area contributed by atoms with E-state index in [1.165, 1.54) is 20.3 Å². The van der Waals surface area contributed by atoms with Gasteiger partial charge in [0.05, 0.1) is 0 Å². The van der Waals surface area contributed by atoms with E-state index in [1.807, 2.05) is 7.85 Å². The van der Waals surface area contributed by atoms with Crippen LogP contribution < -0.4 is 0 Å². The summed E-state index contributed by atoms with van der Waals surface area (Å²) in [4.78, 5) is 11.3. The Kier molecular flexibility index (Phi) is 4.17. The van der Waals surface area contributed by atoms with Crippen molar-refractivity contribution in [2.45, 2.75) is 26.6 Å². The Morgan fingerprint density at radius 2 is 2.00 bits per heavy atom. The number of carbonyl (C=O) groups is 1. The molecular formula is C11H14BIO. The fourth-order valence-corrected chi connectivity index (χ4v) is 1.99. The van der Waals surface area contributed by atoms with Crippen molar-refractivity contribution < 1.29 is 4.79 Å². The summed E-state index contributed by atoms with van der Waals surface area (Å²) in [5, 5.41) is 0. The van der Waals surface area contributed by atoms with E-state index in [0.717, 1.165) is 0 Å². The topological polar surface area (TPSA) is 17.1 Å². The Balaban J connectivity index is 2.98. The van der Waals surface area contributed by atoms with Gasteiger partial charge in [-0.3, -0.25) is 0 Å². The third kappa shape index (κ3) is 2.84. The van der Waals surface area contributed by atoms with E-state index in [2.05, 4.69) is 48.6 Å². The van der Waals surface area contributed by atoms with E-state index >= 15 is 0 Å². The maximum atomic E-state index is 11.3. The van der Waals surface area contributed by atoms with Gasteiger partial charge in [0.25, 0.3) is 0 Å². The fourth-order valence-electron chi connectivity index (χ4n) is 1.37. The second-order valence-electron chi connectivity index (χ2n) is 3.60. The number of rotatable bonds is 3. The third-order valence-corrected chi connectivity index (χ3v) is 3.56. The summed E-state index contributed by atoms with van der Waals surface area (Å²) >= 11 is 2.32. The van der Waals surface area contributed by atoms with Gasteiger partial charge in [0.2, 0.25) is 0 Å². The number of aryl methyl sites for hydroxylation is 2. The highest BCUT2D eigenvalue weighted by Crippen LogP contribution is 2.18. The summed E-state index contributed by atoms with van der Waals surface area (Å²) in [6.45, 7) is 4.15. The lowest BCUT2D eigenvalue weighted by atomic mass is 9.94. The molecule has 0 unspecified atom stereocenters. The predicted molar refractivity (Wildman–Crippen MR) is 70.7 cm³/mol. The van der Waals surface area contributed by atoms with E-state index in [4.69, 9.17) is 0 Å². The summed E-state index contributed by atoms with van der Waals surface area (Å²) in [6.07, 6.45) is 1.21. The van der Waals surface area contributed by atoms with Crippen LogP contribution in [0.3, 0.4) is 0 Å². The van der Waals surface area contributed by atoms with Crippen molar-refractivity contribution >= 4 is 36.2 Å². The van der Waals surface area contributed by atoms with Gasteiger partial charge in [0.15, 0.2) is 0 Å². The molecule has 0 spiro atoms. The Labute approximate surface area is 99.8 Å². The Hall–Kier alpha value is -0.315. The Morgan fingerprint density at radius 3 is 2.57 bits per heavy atom. The van der Waals surface area contributed by atoms with Gasteiger partial charge in [-0.2, -0.15) is 0 Å². The number of carbonyl (C=O) groups excluding carboxylic acids is 1. The minimum atomic E-state index is 0.314. The van der Waals surface area contributed by atoms with E-state index in [-0.39, 0.29) is 0 Å². The molecule has 0 aliphatic heterocycles. The van der Waals surface area contributed by atoms with Gasteiger partial charge in [-0.05, 0) is 65.5 Å². The number of benzene rings is 1. The van der Waals surface area contributed by atoms with Crippen molar-refractivity contribution in [3.05, 3.63) is 32.4 Å². The third-order valence-electron chi connectivity index (χ3n) is 2.40. The first kappa shape index (κ1) is 11.8. The molecule has 3 heteroatoms. The zero-order valence-electron chi connectivity index (χ0n) is 8.86. The highest BCUT2D eigenvalue weighted by molar-refractivity contribution is 14.1. The quantitative estimate of drug-likeness (QED) is 0.617. The maximum Gasteiger partial charge on any atom is 0.129 e. The van der Waals surface area contributed by atoms with Gasteiger partial charge in [0.1, 0.15) is 13.6 Å². The molecule has 0 N–H and O–H groups in total. The van der Waals surface area contributed by atoms with Crippen LogP contribution in [0, 0.1) is 17.4 Å². The molecular weight excluding hydrogens is 286 g/mol. The first-order valence-electron chi connectivity index (χ1n) is 4.82. The second kappa shape index (κ2) is 4.96. The molecule has 0 saturated carbocycles. The predicted octanol–water partition coefficient (Wildman–Crippen LogP) is 2.07. The van der Waals surface area contributed by atoms with Crippen molar-refractivity contribution in [2.75, 3.05) is 0 Å². The summed E-state index contributed by atoms with van der Waals surface area (Å²) < 4.78 is 1.27. The lowest BCUT2D eigenvalue weighted by Crippen LogP contribution is -2.03. The van der Waals surface area contributed by atoms with Crippen LogP contribution in [0.1, 0.15) is 16.7 Å². The van der Waals surface area contributed by atoms with Gasteiger partial charge < -0.3 is 4.79 Å². The van der Waals surface area contributed by atoms with Crippen LogP contribution in [0.25, 0.3) is 0 Å². The molecule has 1 rings (SSSR count). The molecule has 0 aliphatic carbocycles. The first-order chi connectivity index (χ1) is 6.54. The summed E-state index contributed by atoms with van der Waals surface area (Å²) in [5.74, 6) is 0.314. The molecule has 0 atom stereocenters. The first-order valence-corrected chi connectivity index (χ1v) is 5.89. The number of ketones is 1. The van der Waals surface area contributed by atoms with Gasteiger partial charge >= 0.3 is 0 Å². The zero-order chi connectivity index (χ0) is 10.7. The highest BCUT2D eigenvalue weighted by atomic mass is 127. The van der Waals surface area contributed by atoms with Crippen LogP contribution >= 0.6 is 22.6 Å². The average molecular weight is 300 g/mol. The van der Waals surface area contributed by atoms with Crippen LogP contribution in [0.4, 0.5) is 0 Å². The molecule has 0 saturated heterocycles. The molecule has 0 heterocycles. The average Bonchev–Trinajstić information content (AvgIpc) is 2.14. The summed E-state index contributed by atoms with van der Waals surface area (Å²) in [6, 6.07) is 4.28. The van der Waals surface area contributed by atoms with Gasteiger partial charge in [-0.15, -0.1) is 0 Å². The zero-order valence-corrected chi connectivity index (χ0v) is 11.0. The van der Waals surface area contributed by atoms with Crippen molar-refractivity contribution in [1.82, 2.24) is 0 Å². The fraction of sp³-hybridized carbons (Fsp3) is 0.364. The number of Topliss-reactive ketones (excluding diaryl/α,β-unsaturated/α-hetero) is 1. The molecule has 0 radical (unpaired) electrons. The highest BCUT2D eigenvalue weighted by Gasteiger charge is 2.06. The smallest absolute Gasteiger partial charge is 0.129 e. The Bertz CT molecular complexity index is 361. The lowest BCUT2D eigenvalue weighted by molar-refractivity contribution is -0.116. The number of hydrogen-bond donors (Lipinski definition) is 0. The second-order valence-corrected chi connectivity index (χ2v) is 4.76. The lowest BCUT2D eigenvalue weighted by Gasteiger charge is -2.07. The van der Waals surface area contributed by atoms with Crippen LogP contribution in [-0.2, 0) is 11.2 Å². The summed E-state index contributed by atoms with van der Waals surface area (Å²) in [7, 11) is 1.91. The molecule has 0 bridgehead atoms. The monoisotopic (exact) mass is 300 g/mol. The molecule has 14 heavy (non-hydrogen) atoms. The minimum Gasteiger partial charge on any atom is -0.300 e. The molecule has 74 valence electrons. The molecule has 1 aromatic carbocycles. The number of hydrogen-bond acceptors (Lipinski definition) is 1. The van der Waals surface area contributed by atoms with Crippen molar-refractivity contribution in [1.29, 1.82) is 0 Å². The molecule has 0 amide bonds. The molecule has 0 aromatic heterocycles. The standard InChI is InChI=1S/C11H14BIO/c1-7-4-11(13)8(2)3-9(7)5-10(14)6-12/h3-4H,5-6,12H2,1-2H3. The number of halogens is 1. The van der Waals surface area contributed by atoms with Crippen LogP contribution in [-0.4, -0.2) is 13.6 Å². The van der Waals surface area contributed by atoms with Crippen LogP contribution in [0.2, 0.25) is 6.32 Å². The van der Waals surface area contributed by atoms with Gasteiger partial charge in [-0.25, -0.2) is 0 Å². The van der Waals surface area contributed by atoms with E-state index in [0.29, 0.717) is 18.5 Å². The summed E-state index contributed by atoms with van der Waals surface area (Å²) in [5.41, 5.74) is 3.66. The normalized spacial score (nSPS) is 10.2. The molecule has 1 nitrogen and oxygen atoms in total. The Morgan fingerprint density at radius 1 is 1.36 bits per heavy atom. The SMILES string of the molecule is BCC(=O)Cc1cc(C)c(I)cc1C. The van der Waals surface area contributed by atoms with Gasteiger partial charge in [-0.1, -0.05) is 6.07 Å². The van der Waals surface area contributed by atoms with Crippen LogP contribution in [0.15, 0.2) is 12.1 Å². The van der Waals surface area contributed by atoms with Crippen molar-refractivity contribution in [3.63, 3.8) is 0 Å². The molecule has 1 aromatic rings. The van der Waals surface area contributed by atoms with E-state index in [1.54, 1.807) is 0 Å². The van der Waals surface area contributed by atoms with Gasteiger partial charge in [0, 0.05) is 9.99 Å². The minimum absolute atomic E-state index is 0.314. The van der Waals surface area contributed by atoms with Crippen molar-refractivity contribution in [2.24, 2.45) is 0 Å². The largest absolute Gasteiger partial charge is 0.300 e. The maximum absolute atomic E-state index is 11.3. The van der Waals surface area contributed by atoms with E-state index < -0.39 is 0 Å². The molecule has 0 fully saturated rings.